The number of unbranched alkanes of at least 4 members (excludes halogenated alkanes) is 2. The lowest BCUT2D eigenvalue weighted by Gasteiger charge is -2.26. The molecule has 7 aromatic carbocycles. The van der Waals surface area contributed by atoms with E-state index in [-0.39, 0.29) is 34.9 Å². The minimum absolute atomic E-state index is 0. The number of benzene rings is 7. The molecule has 109 heavy (non-hydrogen) atoms. The van der Waals surface area contributed by atoms with Crippen LogP contribution in [-0.4, -0.2) is 118 Å². The number of nitrogens with zero attached hydrogens (tertiary/aromatic N) is 15. The molecule has 0 aliphatic rings. The average Bonchev–Trinajstić information content (AvgIpc) is 1.83. The lowest BCUT2D eigenvalue weighted by molar-refractivity contribution is -0.384. The van der Waals surface area contributed by atoms with Gasteiger partial charge in [0.2, 0.25) is 0 Å². The maximum Gasteiger partial charge on any atom is 0.425 e. The fourth-order valence-corrected chi connectivity index (χ4v) is 11.5. The van der Waals surface area contributed by atoms with Crippen LogP contribution >= 0.6 is 34.6 Å². The van der Waals surface area contributed by atoms with Gasteiger partial charge in [0, 0.05) is 103 Å². The van der Waals surface area contributed by atoms with Crippen LogP contribution in [0.25, 0.3) is 32.7 Å². The molecule has 1 unspecified atom stereocenters. The number of nitrogen functional groups attached to an aromatic ring is 1. The number of nitro groups is 3. The van der Waals surface area contributed by atoms with Crippen LogP contribution in [0.4, 0.5) is 49.1 Å². The topological polar surface area (TPSA) is 554 Å². The molecule has 0 saturated heterocycles. The van der Waals surface area contributed by atoms with Crippen molar-refractivity contribution in [3.8, 4) is 12.1 Å². The van der Waals surface area contributed by atoms with Gasteiger partial charge in [0.1, 0.15) is 5.00 Å². The molecule has 3 heterocycles. The van der Waals surface area contributed by atoms with Gasteiger partial charge in [-0.25, -0.2) is 10.5 Å². The Morgan fingerprint density at radius 1 is 0.532 bits per heavy atom. The molecule has 1 atom stereocenters. The number of aromatic nitrogens is 3. The van der Waals surface area contributed by atoms with Crippen molar-refractivity contribution in [1.29, 1.82) is 10.5 Å². The van der Waals surface area contributed by atoms with E-state index in [1.807, 2.05) is 12.1 Å². The van der Waals surface area contributed by atoms with Crippen LogP contribution in [0.1, 0.15) is 82.1 Å². The zero-order chi connectivity index (χ0) is 79.1. The minimum Gasteiger partial charge on any atom is -0.389 e. The number of azo groups is 1. The van der Waals surface area contributed by atoms with Gasteiger partial charge < -0.3 is 25.0 Å². The molecule has 0 aliphatic carbocycles. The van der Waals surface area contributed by atoms with Crippen LogP contribution in [0.2, 0.25) is 0 Å². The number of non-ortho nitro benzene ring substituents is 3. The van der Waals surface area contributed by atoms with Crippen molar-refractivity contribution in [2.75, 3.05) is 55.1 Å². The van der Waals surface area contributed by atoms with Crippen LogP contribution in [0, 0.1) is 53.0 Å². The van der Waals surface area contributed by atoms with Gasteiger partial charge >= 0.3 is 31.0 Å². The maximum absolute atomic E-state index is 11.2. The van der Waals surface area contributed by atoms with Gasteiger partial charge in [-0.05, 0) is 153 Å². The number of ether oxygens (including phenoxy) is 2. The zero-order valence-electron chi connectivity index (χ0n) is 57.4. The summed E-state index contributed by atoms with van der Waals surface area (Å²) in [4.78, 5) is 35.6. The second-order valence-corrected chi connectivity index (χ2v) is 27.4. The second kappa shape index (κ2) is 47.3. The van der Waals surface area contributed by atoms with Crippen molar-refractivity contribution in [1.82, 2.24) is 13.1 Å². The van der Waals surface area contributed by atoms with Crippen LogP contribution in [0.15, 0.2) is 182 Å². The molecule has 10 aromatic rings. The number of anilines is 3. The Morgan fingerprint density at radius 3 is 1.39 bits per heavy atom. The Morgan fingerprint density at radius 2 is 0.972 bits per heavy atom. The van der Waals surface area contributed by atoms with Crippen molar-refractivity contribution in [3.63, 3.8) is 0 Å². The van der Waals surface area contributed by atoms with E-state index < -0.39 is 45.8 Å². The van der Waals surface area contributed by atoms with Gasteiger partial charge in [-0.3, -0.25) is 49.2 Å². The number of aryl methyl sites for hydroxylation is 2. The standard InChI is InChI=1S/C29H30N6O3S.C22H28N2O.C7H4N4O6S2.C7H5N3O2S.CH4.H3NO5S.H2O4S/c1-2-23-19-24(34(21-22-9-4-3-5-10-22)16-6-7-17-38-18-8-15-30)11-13-27(23)31-32-29-26-20-25(35(36)37)12-14-28(26)33-39-29;1-2-20-12-8-13-22(18-20)24(19-21-10-4-3-5-11-21)15-6-7-16-25-17-9-14-23;12-11(13)4-1-2-6-5(3-4)7(18-9-6)8-10-19(15,16)17-14;8-7-5-3-4(10(11)12)1-2-6(5)9-13-7;;2-1-7(4,5)6-3;1-5(2,3)4/h3-5,9-14,19-20H,2,6-8,16-18,21H2,1H3;3-5,8,10-13,18H,2,6-7,9,15-17,19H2,1H3;1-3,14H;1-3H,8H2;1H4;2-3H,(H,1,4,5);(H2,1,2,3,4). The highest BCUT2D eigenvalue weighted by molar-refractivity contribution is 7.85. The quantitative estimate of drug-likeness (QED) is 0.00530. The predicted octanol–water partition coefficient (Wildman–Crippen LogP) is 16.4. The van der Waals surface area contributed by atoms with E-state index in [9.17, 15) is 43.0 Å². The lowest BCUT2D eigenvalue weighted by atomic mass is 10.1. The largest absolute Gasteiger partial charge is 0.425 e. The van der Waals surface area contributed by atoms with Crippen molar-refractivity contribution >= 4 is 147 Å². The molecule has 8 N–H and O–H groups in total. The van der Waals surface area contributed by atoms with E-state index in [4.69, 9.17) is 63.5 Å². The van der Waals surface area contributed by atoms with Crippen LogP contribution in [0.5, 0.6) is 0 Å². The van der Waals surface area contributed by atoms with E-state index >= 15 is 0 Å². The highest BCUT2D eigenvalue weighted by atomic mass is 32.3. The molecular weight excluding hydrogens is 1550 g/mol. The van der Waals surface area contributed by atoms with Gasteiger partial charge in [0.25, 0.3) is 17.1 Å². The molecule has 0 spiro atoms. The number of hydrogen-bond donors (Lipinski definition) is 7. The average molecular weight is 1620 g/mol. The zero-order valence-corrected chi connectivity index (χ0v) is 62.3. The van der Waals surface area contributed by atoms with Crippen LogP contribution < -0.4 is 15.5 Å². The molecule has 3 aromatic heterocycles. The number of nitro benzene ring substituents is 3. The van der Waals surface area contributed by atoms with Crippen molar-refractivity contribution in [2.45, 2.75) is 85.7 Å². The summed E-state index contributed by atoms with van der Waals surface area (Å²) in [7, 11) is -13.4. The van der Waals surface area contributed by atoms with E-state index in [2.05, 4.69) is 168 Å². The fraction of sp³-hybridized carbons (Fsp3) is 0.288. The fourth-order valence-electron chi connectivity index (χ4n) is 9.26. The number of rotatable bonds is 31. The number of fused-ring (bicyclic) bond motifs is 3. The highest BCUT2D eigenvalue weighted by Gasteiger charge is 2.18. The van der Waals surface area contributed by atoms with Gasteiger partial charge in [0.15, 0.2) is 10.0 Å². The third kappa shape index (κ3) is 32.8. The predicted molar refractivity (Wildman–Crippen MR) is 411 cm³/mol. The summed E-state index contributed by atoms with van der Waals surface area (Å²) < 4.78 is 104. The summed E-state index contributed by atoms with van der Waals surface area (Å²) in [6, 6.07) is 53.1. The SMILES string of the molecule is C.CCc1cc(N(CCCCOCCC#N)Cc2ccccc2)ccc1N=Nc1snc2ccc([N+](=O)[O-])cc12.CCc1cccc(N(CCCCOCCC#N)Cc2ccccc2)c1.Nc1snc2ccc([N+](=O)[O-])cc12.O=S(=O)(O)O.O=S(O)(=NO)OO.O=[N+]([O-])c1ccc2nsc(N=NS(=O)(=O)OO)c2c1. The summed E-state index contributed by atoms with van der Waals surface area (Å²) >= 11 is 3.12. The molecule has 0 bridgehead atoms. The Labute approximate surface area is 638 Å². The Hall–Kier alpha value is -10.6. The maximum atomic E-state index is 11.2. The van der Waals surface area contributed by atoms with E-state index in [1.54, 1.807) is 16.7 Å². The third-order valence-electron chi connectivity index (χ3n) is 14.4. The summed E-state index contributed by atoms with van der Waals surface area (Å²) in [6.45, 7) is 10.3. The third-order valence-corrected chi connectivity index (χ3v) is 17.5. The molecule has 0 aliphatic heterocycles. The van der Waals surface area contributed by atoms with Crippen molar-refractivity contribution < 1.29 is 83.3 Å². The minimum atomic E-state index is -4.67. The lowest BCUT2D eigenvalue weighted by Crippen LogP contribution is -2.24. The first-order valence-corrected chi connectivity index (χ1v) is 38.3. The van der Waals surface area contributed by atoms with Crippen molar-refractivity contribution in [2.24, 2.45) is 24.4 Å². The number of hydrogen-bond acceptors (Lipinski definition) is 32. The van der Waals surface area contributed by atoms with E-state index in [1.165, 1.54) is 76.4 Å². The Bertz CT molecular complexity index is 5070. The Balaban J connectivity index is 0.000000308. The second-order valence-electron chi connectivity index (χ2n) is 21.8. The van der Waals surface area contributed by atoms with Gasteiger partial charge in [-0.1, -0.05) is 98.4 Å². The molecule has 0 saturated carbocycles. The highest BCUT2D eigenvalue weighted by Crippen LogP contribution is 2.37. The number of nitriles is 2. The molecule has 37 nitrogen and oxygen atoms in total. The normalized spacial score (nSPS) is 11.5. The smallest absolute Gasteiger partial charge is 0.389 e. The van der Waals surface area contributed by atoms with E-state index in [0.717, 1.165) is 111 Å². The molecule has 43 heteroatoms. The molecule has 0 amide bonds. The Kier molecular flexibility index (Phi) is 39.4. The summed E-state index contributed by atoms with van der Waals surface area (Å²) in [5, 5.41) is 87.0. The van der Waals surface area contributed by atoms with Gasteiger partial charge in [-0.2, -0.15) is 44.7 Å². The first kappa shape index (κ1) is 90.8. The van der Waals surface area contributed by atoms with Gasteiger partial charge in [-0.15, -0.1) is 19.7 Å². The first-order valence-electron chi connectivity index (χ1n) is 31.8. The summed E-state index contributed by atoms with van der Waals surface area (Å²) in [5.74, 6) is 0. The molecule has 0 radical (unpaired) electrons. The van der Waals surface area contributed by atoms with Crippen LogP contribution in [0.3, 0.4) is 0 Å². The number of nitrogens with two attached hydrogens (primary N) is 1. The van der Waals surface area contributed by atoms with Gasteiger partial charge in [0.05, 0.1) is 75.2 Å². The van der Waals surface area contributed by atoms with Crippen LogP contribution in [-0.2, 0) is 75.1 Å². The summed E-state index contributed by atoms with van der Waals surface area (Å²) in [6.07, 6.45) is 6.72. The molecule has 0 fully saturated rings. The summed E-state index contributed by atoms with van der Waals surface area (Å²) in [5.41, 5.74) is 15.4. The molecule has 582 valence electrons. The van der Waals surface area contributed by atoms with E-state index in [0.29, 0.717) is 70.0 Å². The molecular formula is C66H76N16O21S6. The van der Waals surface area contributed by atoms with Crippen molar-refractivity contribution in [3.05, 3.63) is 210 Å². The molecule has 10 rings (SSSR count). The monoisotopic (exact) mass is 1620 g/mol. The first-order chi connectivity index (χ1) is 51.6.